The minimum atomic E-state index is -0.738. The average Bonchev–Trinajstić information content (AvgIpc) is 3.46. The molecule has 3 rings (SSSR count). The number of ether oxygens (including phenoxy) is 3. The molecule has 2 amide bonds. The van der Waals surface area contributed by atoms with Crippen molar-refractivity contribution in [3.8, 4) is 11.8 Å². The van der Waals surface area contributed by atoms with Crippen LogP contribution in [-0.4, -0.2) is 70.2 Å². The third-order valence-corrected chi connectivity index (χ3v) is 6.93. The zero-order valence-electron chi connectivity index (χ0n) is 25.5. The standard InChI is InChI=1S/C31H45N3O6/c1-29(2,3)23-17-20(27(36)39-30(4,5)6)12-15-25(23)38-19-22-13-14-24(34(22)28(37)40-31(7,8)9)26(35)33-16-10-11-21(33)18-32/h12,15,17,21-22,24H,10-11,13-14,16,19H2,1-9H3. The first kappa shape index (κ1) is 31.3. The summed E-state index contributed by atoms with van der Waals surface area (Å²) in [7, 11) is 0. The number of amides is 2. The Morgan fingerprint density at radius 1 is 0.950 bits per heavy atom. The van der Waals surface area contributed by atoms with Crippen LogP contribution in [0, 0.1) is 11.3 Å². The third kappa shape index (κ3) is 7.67. The fourth-order valence-corrected chi connectivity index (χ4v) is 5.13. The van der Waals surface area contributed by atoms with Crippen LogP contribution in [0.15, 0.2) is 18.2 Å². The normalized spacial score (nSPS) is 21.6. The summed E-state index contributed by atoms with van der Waals surface area (Å²) in [5, 5.41) is 9.52. The molecule has 40 heavy (non-hydrogen) atoms. The van der Waals surface area contributed by atoms with Crippen LogP contribution in [0.1, 0.15) is 104 Å². The highest BCUT2D eigenvalue weighted by Crippen LogP contribution is 2.35. The second kappa shape index (κ2) is 11.7. The van der Waals surface area contributed by atoms with Gasteiger partial charge in [-0.25, -0.2) is 9.59 Å². The van der Waals surface area contributed by atoms with Crippen LogP contribution in [0.25, 0.3) is 0 Å². The molecule has 2 aliphatic rings. The van der Waals surface area contributed by atoms with Gasteiger partial charge in [0.15, 0.2) is 0 Å². The fourth-order valence-electron chi connectivity index (χ4n) is 5.13. The van der Waals surface area contributed by atoms with Crippen molar-refractivity contribution in [3.05, 3.63) is 29.3 Å². The maximum atomic E-state index is 13.5. The number of carbonyl (C=O) groups is 3. The molecule has 9 nitrogen and oxygen atoms in total. The van der Waals surface area contributed by atoms with Gasteiger partial charge in [0.1, 0.15) is 35.6 Å². The van der Waals surface area contributed by atoms with E-state index in [1.54, 1.807) is 43.9 Å². The van der Waals surface area contributed by atoms with E-state index in [1.807, 2.05) is 41.5 Å². The highest BCUT2D eigenvalue weighted by molar-refractivity contribution is 5.90. The zero-order valence-corrected chi connectivity index (χ0v) is 25.5. The van der Waals surface area contributed by atoms with E-state index in [-0.39, 0.29) is 17.9 Å². The van der Waals surface area contributed by atoms with E-state index in [9.17, 15) is 19.6 Å². The summed E-state index contributed by atoms with van der Waals surface area (Å²) in [5.74, 6) is -0.0206. The highest BCUT2D eigenvalue weighted by Gasteiger charge is 2.46. The largest absolute Gasteiger partial charge is 0.491 e. The topological polar surface area (TPSA) is 109 Å². The second-order valence-corrected chi connectivity index (χ2v) is 13.7. The first-order chi connectivity index (χ1) is 18.4. The van der Waals surface area contributed by atoms with Gasteiger partial charge < -0.3 is 19.1 Å². The van der Waals surface area contributed by atoms with Gasteiger partial charge in [-0.15, -0.1) is 0 Å². The molecule has 0 radical (unpaired) electrons. The van der Waals surface area contributed by atoms with Gasteiger partial charge in [0.25, 0.3) is 0 Å². The summed E-state index contributed by atoms with van der Waals surface area (Å²) in [6.07, 6.45) is 1.86. The Morgan fingerprint density at radius 2 is 1.60 bits per heavy atom. The highest BCUT2D eigenvalue weighted by atomic mass is 16.6. The van der Waals surface area contributed by atoms with Crippen molar-refractivity contribution in [1.29, 1.82) is 5.26 Å². The van der Waals surface area contributed by atoms with E-state index < -0.39 is 41.4 Å². The number of esters is 1. The van der Waals surface area contributed by atoms with Crippen LogP contribution in [0.4, 0.5) is 4.79 Å². The molecule has 0 aromatic heterocycles. The van der Waals surface area contributed by atoms with Crippen molar-refractivity contribution in [3.63, 3.8) is 0 Å². The maximum Gasteiger partial charge on any atom is 0.411 e. The summed E-state index contributed by atoms with van der Waals surface area (Å²) < 4.78 is 17.6. The molecule has 3 atom stereocenters. The van der Waals surface area contributed by atoms with Crippen molar-refractivity contribution < 1.29 is 28.6 Å². The first-order valence-electron chi connectivity index (χ1n) is 14.1. The number of likely N-dealkylation sites (tertiary alicyclic amines) is 2. The number of rotatable bonds is 5. The molecule has 1 aromatic rings. The van der Waals surface area contributed by atoms with Crippen molar-refractivity contribution in [2.24, 2.45) is 0 Å². The van der Waals surface area contributed by atoms with Gasteiger partial charge in [0.05, 0.1) is 17.7 Å². The van der Waals surface area contributed by atoms with Crippen molar-refractivity contribution in [2.45, 2.75) is 123 Å². The zero-order chi connectivity index (χ0) is 30.0. The number of carbonyl (C=O) groups excluding carboxylic acids is 3. The lowest BCUT2D eigenvalue weighted by Gasteiger charge is -2.34. The Labute approximate surface area is 238 Å². The van der Waals surface area contributed by atoms with Gasteiger partial charge in [-0.3, -0.25) is 9.69 Å². The Bertz CT molecular complexity index is 1150. The van der Waals surface area contributed by atoms with E-state index in [4.69, 9.17) is 14.2 Å². The van der Waals surface area contributed by atoms with Crippen LogP contribution < -0.4 is 4.74 Å². The van der Waals surface area contributed by atoms with E-state index in [1.165, 1.54) is 4.90 Å². The number of nitriles is 1. The SMILES string of the molecule is CC(C)(C)OC(=O)c1ccc(OCC2CCC(C(=O)N3CCCC3C#N)N2C(=O)OC(C)(C)C)c(C(C)(C)C)c1. The Balaban J connectivity index is 1.85. The van der Waals surface area contributed by atoms with Crippen LogP contribution in [0.5, 0.6) is 5.75 Å². The summed E-state index contributed by atoms with van der Waals surface area (Å²) in [4.78, 5) is 42.8. The van der Waals surface area contributed by atoms with Crippen molar-refractivity contribution in [1.82, 2.24) is 9.80 Å². The Morgan fingerprint density at radius 3 is 2.17 bits per heavy atom. The first-order valence-corrected chi connectivity index (χ1v) is 14.1. The number of hydrogen-bond donors (Lipinski definition) is 0. The predicted octanol–water partition coefficient (Wildman–Crippen LogP) is 5.60. The molecular weight excluding hydrogens is 510 g/mol. The molecule has 2 saturated heterocycles. The summed E-state index contributed by atoms with van der Waals surface area (Å²) in [6.45, 7) is 17.6. The predicted molar refractivity (Wildman–Crippen MR) is 151 cm³/mol. The van der Waals surface area contributed by atoms with E-state index in [0.717, 1.165) is 12.0 Å². The van der Waals surface area contributed by atoms with Gasteiger partial charge in [0, 0.05) is 12.1 Å². The molecule has 0 spiro atoms. The van der Waals surface area contributed by atoms with Crippen LogP contribution in [-0.2, 0) is 19.7 Å². The summed E-state index contributed by atoms with van der Waals surface area (Å²) in [6, 6.07) is 5.87. The molecule has 0 saturated carbocycles. The molecule has 9 heteroatoms. The fraction of sp³-hybridized carbons (Fsp3) is 0.677. The monoisotopic (exact) mass is 555 g/mol. The van der Waals surface area contributed by atoms with Crippen LogP contribution >= 0.6 is 0 Å². The van der Waals surface area contributed by atoms with Crippen molar-refractivity contribution >= 4 is 18.0 Å². The molecule has 1 aromatic carbocycles. The number of nitrogens with zero attached hydrogens (tertiary/aromatic N) is 3. The number of benzene rings is 1. The van der Waals surface area contributed by atoms with Gasteiger partial charge in [-0.2, -0.15) is 5.26 Å². The molecule has 220 valence electrons. The van der Waals surface area contributed by atoms with Crippen LogP contribution in [0.3, 0.4) is 0 Å². The molecular formula is C31H45N3O6. The molecule has 2 aliphatic heterocycles. The van der Waals surface area contributed by atoms with Gasteiger partial charge >= 0.3 is 12.1 Å². The molecule has 3 unspecified atom stereocenters. The van der Waals surface area contributed by atoms with Gasteiger partial charge in [0.2, 0.25) is 5.91 Å². The number of hydrogen-bond acceptors (Lipinski definition) is 7. The van der Waals surface area contributed by atoms with Crippen molar-refractivity contribution in [2.75, 3.05) is 13.2 Å². The van der Waals surface area contributed by atoms with Gasteiger partial charge in [-0.05, 0) is 90.8 Å². The average molecular weight is 556 g/mol. The lowest BCUT2D eigenvalue weighted by atomic mass is 9.85. The van der Waals surface area contributed by atoms with Crippen LogP contribution in [0.2, 0.25) is 0 Å². The molecule has 2 fully saturated rings. The summed E-state index contributed by atoms with van der Waals surface area (Å²) >= 11 is 0. The lowest BCUT2D eigenvalue weighted by Crippen LogP contribution is -2.53. The third-order valence-electron chi connectivity index (χ3n) is 6.93. The maximum absolute atomic E-state index is 13.5. The minimum Gasteiger partial charge on any atom is -0.491 e. The molecule has 2 heterocycles. The Kier molecular flexibility index (Phi) is 9.12. The molecule has 0 N–H and O–H groups in total. The summed E-state index contributed by atoms with van der Waals surface area (Å²) in [5.41, 5.74) is -0.420. The smallest absolute Gasteiger partial charge is 0.411 e. The quantitative estimate of drug-likeness (QED) is 0.435. The van der Waals surface area contributed by atoms with Gasteiger partial charge in [-0.1, -0.05) is 20.8 Å². The van der Waals surface area contributed by atoms with E-state index in [0.29, 0.717) is 37.1 Å². The molecule has 0 bridgehead atoms. The Hall–Kier alpha value is -3.28. The molecule has 0 aliphatic carbocycles. The second-order valence-electron chi connectivity index (χ2n) is 13.7. The lowest BCUT2D eigenvalue weighted by molar-refractivity contribution is -0.136. The minimum absolute atomic E-state index is 0.152. The van der Waals surface area contributed by atoms with E-state index in [2.05, 4.69) is 6.07 Å². The van der Waals surface area contributed by atoms with E-state index >= 15 is 0 Å².